The molecule has 0 radical (unpaired) electrons. The van der Waals surface area contributed by atoms with Crippen molar-refractivity contribution in [1.29, 1.82) is 0 Å². The highest BCUT2D eigenvalue weighted by Crippen LogP contribution is 2.05. The first-order valence-electron chi connectivity index (χ1n) is 5.89. The lowest BCUT2D eigenvalue weighted by atomic mass is 10.4. The topological polar surface area (TPSA) is 59.1 Å². The highest BCUT2D eigenvalue weighted by atomic mass is 32.2. The minimum Gasteiger partial charge on any atom is -0.378 e. The molecule has 1 heterocycles. The van der Waals surface area contributed by atoms with Gasteiger partial charge in [0.2, 0.25) is 0 Å². The lowest BCUT2D eigenvalue weighted by Crippen LogP contribution is -2.27. The monoisotopic (exact) mass is 266 g/mol. The minimum absolute atomic E-state index is 0.0700. The van der Waals surface area contributed by atoms with Crippen molar-refractivity contribution >= 4 is 10.3 Å². The van der Waals surface area contributed by atoms with Gasteiger partial charge in [-0.05, 0) is 25.9 Å². The Morgan fingerprint density at radius 3 is 2.35 bits per heavy atom. The summed E-state index contributed by atoms with van der Waals surface area (Å²) < 4.78 is 33.5. The Kier molecular flexibility index (Phi) is 6.35. The van der Waals surface area contributed by atoms with Crippen LogP contribution in [-0.4, -0.2) is 71.2 Å². The number of likely N-dealkylation sites (tertiary alicyclic amines) is 1. The molecule has 1 rings (SSSR count). The van der Waals surface area contributed by atoms with Crippen LogP contribution in [0, 0.1) is 0 Å². The van der Waals surface area contributed by atoms with Crippen LogP contribution in [-0.2, 0) is 19.2 Å². The molecule has 1 saturated heterocycles. The Hall–Kier alpha value is -0.210. The maximum absolute atomic E-state index is 11.2. The lowest BCUT2D eigenvalue weighted by molar-refractivity contribution is 0.0843. The molecule has 0 aromatic heterocycles. The molecule has 0 aromatic rings. The van der Waals surface area contributed by atoms with Gasteiger partial charge < -0.3 is 9.64 Å². The van der Waals surface area contributed by atoms with E-state index in [2.05, 4.69) is 4.90 Å². The molecule has 1 fully saturated rings. The summed E-state index contributed by atoms with van der Waals surface area (Å²) in [5.74, 6) is 0. The van der Waals surface area contributed by atoms with Crippen molar-refractivity contribution in [2.75, 3.05) is 53.6 Å². The summed E-state index contributed by atoms with van der Waals surface area (Å²) >= 11 is 0. The standard InChI is InChI=1S/C10H22N2O4S/c1-11(2)17(13,14)16-10-9-15-8-7-12-5-3-4-6-12/h3-10H2,1-2H3. The van der Waals surface area contributed by atoms with Gasteiger partial charge in [0, 0.05) is 20.6 Å². The highest BCUT2D eigenvalue weighted by Gasteiger charge is 2.13. The molecule has 0 unspecified atom stereocenters. The third kappa shape index (κ3) is 5.78. The molecule has 0 atom stereocenters. The van der Waals surface area contributed by atoms with Gasteiger partial charge in [0.05, 0.1) is 19.8 Å². The molecule has 102 valence electrons. The fraction of sp³-hybridized carbons (Fsp3) is 1.00. The van der Waals surface area contributed by atoms with Crippen molar-refractivity contribution in [3.05, 3.63) is 0 Å². The third-order valence-corrected chi connectivity index (χ3v) is 4.02. The van der Waals surface area contributed by atoms with Gasteiger partial charge in [-0.25, -0.2) is 0 Å². The second-order valence-electron chi connectivity index (χ2n) is 4.22. The van der Waals surface area contributed by atoms with Crippen molar-refractivity contribution in [2.45, 2.75) is 12.8 Å². The molecule has 1 aliphatic rings. The smallest absolute Gasteiger partial charge is 0.337 e. The van der Waals surface area contributed by atoms with Crippen molar-refractivity contribution in [3.8, 4) is 0 Å². The average molecular weight is 266 g/mol. The molecular formula is C10H22N2O4S. The second-order valence-corrected chi connectivity index (χ2v) is 6.04. The number of nitrogens with zero attached hydrogens (tertiary/aromatic N) is 2. The Labute approximate surface area is 104 Å². The Bertz CT molecular complexity index is 299. The van der Waals surface area contributed by atoms with Crippen LogP contribution in [0.4, 0.5) is 0 Å². The number of ether oxygens (including phenoxy) is 1. The van der Waals surface area contributed by atoms with Crippen molar-refractivity contribution in [1.82, 2.24) is 9.21 Å². The van der Waals surface area contributed by atoms with E-state index in [1.54, 1.807) is 0 Å². The largest absolute Gasteiger partial charge is 0.378 e. The molecule has 0 N–H and O–H groups in total. The van der Waals surface area contributed by atoms with E-state index in [1.165, 1.54) is 26.9 Å². The van der Waals surface area contributed by atoms with E-state index in [1.807, 2.05) is 0 Å². The first-order chi connectivity index (χ1) is 8.02. The van der Waals surface area contributed by atoms with Crippen LogP contribution in [0.25, 0.3) is 0 Å². The SMILES string of the molecule is CN(C)S(=O)(=O)OCCOCCN1CCCC1. The summed E-state index contributed by atoms with van der Waals surface area (Å²) in [5, 5.41) is 0. The maximum atomic E-state index is 11.2. The molecule has 0 saturated carbocycles. The van der Waals surface area contributed by atoms with Gasteiger partial charge in [0.25, 0.3) is 0 Å². The normalized spacial score (nSPS) is 18.1. The van der Waals surface area contributed by atoms with Crippen LogP contribution in [0.5, 0.6) is 0 Å². The Morgan fingerprint density at radius 1 is 1.12 bits per heavy atom. The van der Waals surface area contributed by atoms with Crippen LogP contribution in [0.1, 0.15) is 12.8 Å². The van der Waals surface area contributed by atoms with Gasteiger partial charge in [-0.15, -0.1) is 0 Å². The number of hydrogen-bond acceptors (Lipinski definition) is 5. The summed E-state index contributed by atoms with van der Waals surface area (Å²) in [4.78, 5) is 2.34. The summed E-state index contributed by atoms with van der Waals surface area (Å²) in [7, 11) is -0.690. The Morgan fingerprint density at radius 2 is 1.76 bits per heavy atom. The quantitative estimate of drug-likeness (QED) is 0.575. The van der Waals surface area contributed by atoms with Gasteiger partial charge in [-0.2, -0.15) is 12.7 Å². The molecule has 0 spiro atoms. The molecule has 17 heavy (non-hydrogen) atoms. The van der Waals surface area contributed by atoms with Crippen molar-refractivity contribution < 1.29 is 17.3 Å². The molecule has 0 aliphatic carbocycles. The van der Waals surface area contributed by atoms with Gasteiger partial charge in [-0.1, -0.05) is 0 Å². The fourth-order valence-corrected chi connectivity index (χ4v) is 2.10. The van der Waals surface area contributed by atoms with E-state index in [0.29, 0.717) is 13.2 Å². The predicted molar refractivity (Wildman–Crippen MR) is 65.1 cm³/mol. The van der Waals surface area contributed by atoms with E-state index >= 15 is 0 Å². The zero-order valence-corrected chi connectivity index (χ0v) is 11.4. The van der Waals surface area contributed by atoms with Crippen LogP contribution in [0.2, 0.25) is 0 Å². The molecule has 0 aromatic carbocycles. The number of hydrogen-bond donors (Lipinski definition) is 0. The molecular weight excluding hydrogens is 244 g/mol. The van der Waals surface area contributed by atoms with E-state index in [4.69, 9.17) is 8.92 Å². The molecule has 6 nitrogen and oxygen atoms in total. The third-order valence-electron chi connectivity index (χ3n) is 2.66. The van der Waals surface area contributed by atoms with Gasteiger partial charge in [0.1, 0.15) is 0 Å². The van der Waals surface area contributed by atoms with Crippen molar-refractivity contribution in [2.24, 2.45) is 0 Å². The van der Waals surface area contributed by atoms with Crippen LogP contribution in [0.15, 0.2) is 0 Å². The van der Waals surface area contributed by atoms with Gasteiger partial charge in [-0.3, -0.25) is 4.18 Å². The van der Waals surface area contributed by atoms with E-state index in [0.717, 1.165) is 23.9 Å². The molecule has 1 aliphatic heterocycles. The van der Waals surface area contributed by atoms with Gasteiger partial charge in [0.15, 0.2) is 0 Å². The van der Waals surface area contributed by atoms with Crippen molar-refractivity contribution in [3.63, 3.8) is 0 Å². The van der Waals surface area contributed by atoms with Crippen LogP contribution < -0.4 is 0 Å². The van der Waals surface area contributed by atoms with E-state index in [9.17, 15) is 8.42 Å². The molecule has 0 amide bonds. The van der Waals surface area contributed by atoms with Gasteiger partial charge >= 0.3 is 10.3 Å². The van der Waals surface area contributed by atoms with E-state index in [-0.39, 0.29) is 6.61 Å². The Balaban J connectivity index is 1.97. The van der Waals surface area contributed by atoms with Crippen LogP contribution in [0.3, 0.4) is 0 Å². The molecule has 0 bridgehead atoms. The summed E-state index contributed by atoms with van der Waals surface area (Å²) in [6.07, 6.45) is 2.54. The maximum Gasteiger partial charge on any atom is 0.337 e. The second kappa shape index (κ2) is 7.27. The summed E-state index contributed by atoms with van der Waals surface area (Å²) in [6.45, 7) is 4.22. The molecule has 7 heteroatoms. The summed E-state index contributed by atoms with van der Waals surface area (Å²) in [6, 6.07) is 0. The average Bonchev–Trinajstić information content (AvgIpc) is 2.75. The first-order valence-corrected chi connectivity index (χ1v) is 7.26. The van der Waals surface area contributed by atoms with Crippen LogP contribution >= 0.6 is 0 Å². The summed E-state index contributed by atoms with van der Waals surface area (Å²) in [5.41, 5.74) is 0. The van der Waals surface area contributed by atoms with E-state index < -0.39 is 10.3 Å². The lowest BCUT2D eigenvalue weighted by Gasteiger charge is -2.14. The predicted octanol–water partition coefficient (Wildman–Crippen LogP) is -0.0782. The first kappa shape index (κ1) is 14.8. The zero-order valence-electron chi connectivity index (χ0n) is 10.6. The zero-order chi connectivity index (χ0) is 12.7. The fourth-order valence-electron chi connectivity index (χ4n) is 1.61. The number of rotatable bonds is 8. The highest BCUT2D eigenvalue weighted by molar-refractivity contribution is 7.84. The minimum atomic E-state index is -3.56.